The van der Waals surface area contributed by atoms with E-state index in [1.54, 1.807) is 0 Å². The highest BCUT2D eigenvalue weighted by Gasteiger charge is 2.43. The molecule has 1 aromatic rings. The van der Waals surface area contributed by atoms with Crippen molar-refractivity contribution < 1.29 is 31.9 Å². The van der Waals surface area contributed by atoms with Crippen molar-refractivity contribution in [3.05, 3.63) is 33.8 Å². The molecule has 0 unspecified atom stereocenters. The molecule has 1 aromatic carbocycles. The summed E-state index contributed by atoms with van der Waals surface area (Å²) in [5.41, 5.74) is -2.57. The van der Waals surface area contributed by atoms with Gasteiger partial charge in [-0.2, -0.15) is 22.0 Å². The molecule has 1 rings (SSSR count). The summed E-state index contributed by atoms with van der Waals surface area (Å²) in [6.45, 7) is 0. The van der Waals surface area contributed by atoms with Crippen LogP contribution in [-0.2, 0) is 16.9 Å². The summed E-state index contributed by atoms with van der Waals surface area (Å²) in [5.74, 6) is -6.87. The van der Waals surface area contributed by atoms with Crippen LogP contribution in [0.15, 0.2) is 22.7 Å². The molecule has 0 fully saturated rings. The Balaban J connectivity index is 3.37. The van der Waals surface area contributed by atoms with E-state index >= 15 is 0 Å². The summed E-state index contributed by atoms with van der Waals surface area (Å²) in [5, 5.41) is 8.21. The van der Waals surface area contributed by atoms with Crippen molar-refractivity contribution in [1.82, 2.24) is 0 Å². The van der Waals surface area contributed by atoms with Crippen LogP contribution in [0.4, 0.5) is 22.0 Å². The predicted molar refractivity (Wildman–Crippen MR) is 50.7 cm³/mol. The molecule has 94 valence electrons. The molecule has 2 nitrogen and oxygen atoms in total. The molecule has 0 saturated carbocycles. The number of hydrogen-bond donors (Lipinski definition) is 1. The molecule has 0 saturated heterocycles. The molecule has 1 N–H and O–H groups in total. The van der Waals surface area contributed by atoms with Crippen LogP contribution < -0.4 is 0 Å². The van der Waals surface area contributed by atoms with Gasteiger partial charge in [-0.15, -0.1) is 0 Å². The number of rotatable bonds is 2. The Bertz CT molecular complexity index is 455. The number of carbonyl (C=O) groups is 1. The molecular formula is C9H4BrF5O2. The first-order chi connectivity index (χ1) is 7.56. The van der Waals surface area contributed by atoms with Crippen LogP contribution in [0.1, 0.15) is 11.1 Å². The zero-order valence-corrected chi connectivity index (χ0v) is 9.44. The molecule has 8 heteroatoms. The Kier molecular flexibility index (Phi) is 3.47. The van der Waals surface area contributed by atoms with E-state index in [4.69, 9.17) is 5.11 Å². The van der Waals surface area contributed by atoms with Gasteiger partial charge in [0.1, 0.15) is 0 Å². The maximum Gasteiger partial charge on any atom is 0.417 e. The Labute approximate surface area is 100 Å². The second kappa shape index (κ2) is 4.25. The molecule has 0 bridgehead atoms. The number of benzene rings is 1. The normalized spacial score (nSPS) is 12.6. The van der Waals surface area contributed by atoms with E-state index in [1.165, 1.54) is 0 Å². The van der Waals surface area contributed by atoms with Crippen LogP contribution in [0, 0.1) is 0 Å². The monoisotopic (exact) mass is 318 g/mol. The lowest BCUT2D eigenvalue weighted by Gasteiger charge is -2.15. The zero-order valence-electron chi connectivity index (χ0n) is 7.86. The SMILES string of the molecule is O=C(O)C(F)(F)c1ccc(Br)c(C(F)(F)F)c1. The first-order valence-electron chi connectivity index (χ1n) is 4.05. The third kappa shape index (κ3) is 2.74. The van der Waals surface area contributed by atoms with Crippen molar-refractivity contribution in [2.24, 2.45) is 0 Å². The van der Waals surface area contributed by atoms with Gasteiger partial charge < -0.3 is 5.11 Å². The van der Waals surface area contributed by atoms with E-state index in [2.05, 4.69) is 15.9 Å². The number of carboxylic acid groups (broad SMARTS) is 1. The Morgan fingerprint density at radius 2 is 1.71 bits per heavy atom. The van der Waals surface area contributed by atoms with E-state index in [9.17, 15) is 26.7 Å². The molecule has 0 atom stereocenters. The number of hydrogen-bond acceptors (Lipinski definition) is 1. The minimum Gasteiger partial charge on any atom is -0.477 e. The van der Waals surface area contributed by atoms with Crippen LogP contribution in [-0.4, -0.2) is 11.1 Å². The molecule has 0 radical (unpaired) electrons. The van der Waals surface area contributed by atoms with Crippen LogP contribution in [0.25, 0.3) is 0 Å². The number of halogens is 6. The summed E-state index contributed by atoms with van der Waals surface area (Å²) in [6, 6.07) is 1.46. The van der Waals surface area contributed by atoms with Crippen LogP contribution in [0.5, 0.6) is 0 Å². The first kappa shape index (κ1) is 13.9. The topological polar surface area (TPSA) is 37.3 Å². The van der Waals surface area contributed by atoms with Crippen LogP contribution >= 0.6 is 15.9 Å². The van der Waals surface area contributed by atoms with E-state index in [0.717, 1.165) is 6.07 Å². The highest BCUT2D eigenvalue weighted by molar-refractivity contribution is 9.10. The van der Waals surface area contributed by atoms with Crippen LogP contribution in [0.3, 0.4) is 0 Å². The van der Waals surface area contributed by atoms with Crippen LogP contribution in [0.2, 0.25) is 0 Å². The quantitative estimate of drug-likeness (QED) is 0.845. The molecule has 0 aliphatic heterocycles. The van der Waals surface area contributed by atoms with Gasteiger partial charge in [0, 0.05) is 10.0 Å². The minimum absolute atomic E-state index is 0.109. The fourth-order valence-corrected chi connectivity index (χ4v) is 1.53. The summed E-state index contributed by atoms with van der Waals surface area (Å²) in [7, 11) is 0. The molecule has 0 heterocycles. The summed E-state index contributed by atoms with van der Waals surface area (Å²) in [6.07, 6.45) is -4.84. The van der Waals surface area contributed by atoms with Crippen molar-refractivity contribution in [2.45, 2.75) is 12.1 Å². The number of alkyl halides is 5. The molecule has 17 heavy (non-hydrogen) atoms. The number of carboxylic acids is 1. The smallest absolute Gasteiger partial charge is 0.417 e. The Morgan fingerprint density at radius 3 is 2.12 bits per heavy atom. The zero-order chi connectivity index (χ0) is 13.4. The standard InChI is InChI=1S/C9H4BrF5O2/c10-6-2-1-4(8(11,12)7(16)17)3-5(6)9(13,14)15/h1-3H,(H,16,17). The lowest BCUT2D eigenvalue weighted by molar-refractivity contribution is -0.166. The van der Waals surface area contributed by atoms with E-state index in [1.807, 2.05) is 0 Å². The van der Waals surface area contributed by atoms with Crippen molar-refractivity contribution >= 4 is 21.9 Å². The van der Waals surface area contributed by atoms with Gasteiger partial charge in [-0.3, -0.25) is 0 Å². The fourth-order valence-electron chi connectivity index (χ4n) is 1.06. The molecule has 0 amide bonds. The second-order valence-electron chi connectivity index (χ2n) is 3.07. The number of aliphatic carboxylic acids is 1. The van der Waals surface area contributed by atoms with Gasteiger partial charge in [-0.1, -0.05) is 22.0 Å². The Hall–Kier alpha value is -1.18. The highest BCUT2D eigenvalue weighted by atomic mass is 79.9. The van der Waals surface area contributed by atoms with E-state index in [0.29, 0.717) is 6.07 Å². The van der Waals surface area contributed by atoms with Crippen molar-refractivity contribution in [3.63, 3.8) is 0 Å². The first-order valence-corrected chi connectivity index (χ1v) is 4.84. The molecule has 0 aliphatic rings. The van der Waals surface area contributed by atoms with Gasteiger partial charge in [0.15, 0.2) is 0 Å². The summed E-state index contributed by atoms with van der Waals surface area (Å²) in [4.78, 5) is 10.2. The van der Waals surface area contributed by atoms with Crippen molar-refractivity contribution in [2.75, 3.05) is 0 Å². The average molecular weight is 319 g/mol. The minimum atomic E-state index is -4.84. The van der Waals surface area contributed by atoms with Gasteiger partial charge in [0.05, 0.1) is 5.56 Å². The predicted octanol–water partition coefficient (Wildman–Crippen LogP) is 3.64. The van der Waals surface area contributed by atoms with Gasteiger partial charge in [0.25, 0.3) is 0 Å². The van der Waals surface area contributed by atoms with Gasteiger partial charge in [-0.05, 0) is 12.1 Å². The highest BCUT2D eigenvalue weighted by Crippen LogP contribution is 2.38. The lowest BCUT2D eigenvalue weighted by atomic mass is 10.1. The van der Waals surface area contributed by atoms with Crippen molar-refractivity contribution in [1.29, 1.82) is 0 Å². The maximum absolute atomic E-state index is 13.0. The third-order valence-electron chi connectivity index (χ3n) is 1.90. The second-order valence-corrected chi connectivity index (χ2v) is 3.93. The molecule has 0 aromatic heterocycles. The lowest BCUT2D eigenvalue weighted by Crippen LogP contribution is -2.25. The average Bonchev–Trinajstić information content (AvgIpc) is 2.15. The van der Waals surface area contributed by atoms with Gasteiger partial charge in [-0.25, -0.2) is 4.79 Å². The molecule has 0 aliphatic carbocycles. The molecular weight excluding hydrogens is 315 g/mol. The third-order valence-corrected chi connectivity index (χ3v) is 2.59. The Morgan fingerprint density at radius 1 is 1.18 bits per heavy atom. The summed E-state index contributed by atoms with van der Waals surface area (Å²) < 4.78 is 62.7. The summed E-state index contributed by atoms with van der Waals surface area (Å²) >= 11 is 2.56. The van der Waals surface area contributed by atoms with E-state index < -0.39 is 33.7 Å². The molecule has 0 spiro atoms. The van der Waals surface area contributed by atoms with Crippen molar-refractivity contribution in [3.8, 4) is 0 Å². The fraction of sp³-hybridized carbons (Fsp3) is 0.222. The van der Waals surface area contributed by atoms with Gasteiger partial charge in [0.2, 0.25) is 0 Å². The van der Waals surface area contributed by atoms with Gasteiger partial charge >= 0.3 is 18.1 Å². The largest absolute Gasteiger partial charge is 0.477 e. The maximum atomic E-state index is 13.0. The van der Waals surface area contributed by atoms with E-state index in [-0.39, 0.29) is 6.07 Å².